The molecule has 4 nitrogen and oxygen atoms in total. The van der Waals surface area contributed by atoms with Crippen LogP contribution in [0.5, 0.6) is 0 Å². The third kappa shape index (κ3) is 1.79. The minimum Gasteiger partial charge on any atom is -0.328 e. The van der Waals surface area contributed by atoms with Crippen LogP contribution in [-0.2, 0) is 0 Å². The van der Waals surface area contributed by atoms with Crippen molar-refractivity contribution >= 4 is 22.9 Å². The van der Waals surface area contributed by atoms with Crippen LogP contribution in [0.15, 0.2) is 24.8 Å². The summed E-state index contributed by atoms with van der Waals surface area (Å²) < 4.78 is 2.50. The second-order valence-electron chi connectivity index (χ2n) is 2.77. The van der Waals surface area contributed by atoms with Gasteiger partial charge in [0.1, 0.15) is 18.7 Å². The van der Waals surface area contributed by atoms with Crippen LogP contribution >= 0.6 is 22.9 Å². The molecule has 1 atom stereocenters. The Balaban J connectivity index is 2.31. The van der Waals surface area contributed by atoms with Crippen molar-refractivity contribution in [1.82, 2.24) is 14.8 Å². The molecule has 2 heterocycles. The van der Waals surface area contributed by atoms with Crippen molar-refractivity contribution in [2.75, 3.05) is 6.54 Å². The van der Waals surface area contributed by atoms with E-state index in [0.29, 0.717) is 6.54 Å². The lowest BCUT2D eigenvalue weighted by atomic mass is 10.2. The monoisotopic (exact) mass is 228 g/mol. The van der Waals surface area contributed by atoms with Gasteiger partial charge in [0.25, 0.3) is 0 Å². The summed E-state index contributed by atoms with van der Waals surface area (Å²) in [5.74, 6) is 0. The fraction of sp³-hybridized carbons (Fsp3) is 0.250. The molecule has 0 saturated carbocycles. The van der Waals surface area contributed by atoms with Gasteiger partial charge in [0, 0.05) is 11.4 Å². The minimum absolute atomic E-state index is 0.0370. The maximum absolute atomic E-state index is 5.86. The summed E-state index contributed by atoms with van der Waals surface area (Å²) in [6, 6.07) is 3.86. The van der Waals surface area contributed by atoms with Crippen LogP contribution in [0.4, 0.5) is 0 Å². The van der Waals surface area contributed by atoms with Gasteiger partial charge in [-0.1, -0.05) is 11.6 Å². The van der Waals surface area contributed by atoms with Gasteiger partial charge in [0.15, 0.2) is 0 Å². The van der Waals surface area contributed by atoms with E-state index in [0.717, 1.165) is 9.21 Å². The summed E-state index contributed by atoms with van der Waals surface area (Å²) in [7, 11) is 0. The first-order valence-corrected chi connectivity index (χ1v) is 5.30. The van der Waals surface area contributed by atoms with E-state index < -0.39 is 0 Å². The van der Waals surface area contributed by atoms with Crippen LogP contribution in [-0.4, -0.2) is 21.3 Å². The molecule has 14 heavy (non-hydrogen) atoms. The van der Waals surface area contributed by atoms with E-state index >= 15 is 0 Å². The highest BCUT2D eigenvalue weighted by atomic mass is 35.5. The fourth-order valence-electron chi connectivity index (χ4n) is 1.24. The zero-order valence-corrected chi connectivity index (χ0v) is 8.87. The van der Waals surface area contributed by atoms with E-state index in [9.17, 15) is 0 Å². The molecule has 2 rings (SSSR count). The molecule has 0 bridgehead atoms. The number of halogens is 1. The summed E-state index contributed by atoms with van der Waals surface area (Å²) in [6.45, 7) is 0.486. The number of hydrogen-bond donors (Lipinski definition) is 1. The molecule has 0 aliphatic carbocycles. The predicted molar refractivity (Wildman–Crippen MR) is 56.5 cm³/mol. The van der Waals surface area contributed by atoms with Crippen LogP contribution in [0.1, 0.15) is 10.9 Å². The Morgan fingerprint density at radius 3 is 2.93 bits per heavy atom. The van der Waals surface area contributed by atoms with Gasteiger partial charge in [-0.05, 0) is 12.1 Å². The van der Waals surface area contributed by atoms with Crippen molar-refractivity contribution in [1.29, 1.82) is 0 Å². The van der Waals surface area contributed by atoms with E-state index in [2.05, 4.69) is 10.1 Å². The van der Waals surface area contributed by atoms with E-state index in [1.807, 2.05) is 12.1 Å². The van der Waals surface area contributed by atoms with Crippen molar-refractivity contribution in [3.8, 4) is 0 Å². The third-order valence-electron chi connectivity index (χ3n) is 1.90. The standard InChI is InChI=1S/C8H9ClN4S/c9-8-2-1-7(14-8)6(3-10)13-5-11-4-12-13/h1-2,4-6H,3,10H2. The topological polar surface area (TPSA) is 56.7 Å². The molecular formula is C8H9ClN4S. The lowest BCUT2D eigenvalue weighted by Gasteiger charge is -2.11. The first kappa shape index (κ1) is 9.64. The molecule has 0 spiro atoms. The number of rotatable bonds is 3. The molecule has 0 aliphatic rings. The summed E-state index contributed by atoms with van der Waals surface area (Å²) in [4.78, 5) is 4.99. The molecule has 0 fully saturated rings. The number of aromatic nitrogens is 3. The van der Waals surface area contributed by atoms with Gasteiger partial charge in [-0.3, -0.25) is 0 Å². The lowest BCUT2D eigenvalue weighted by molar-refractivity contribution is 0.538. The predicted octanol–water partition coefficient (Wildman–Crippen LogP) is 1.54. The van der Waals surface area contributed by atoms with Crippen LogP contribution in [0.3, 0.4) is 0 Å². The first-order chi connectivity index (χ1) is 6.81. The van der Waals surface area contributed by atoms with Gasteiger partial charge < -0.3 is 5.73 Å². The Bertz CT molecular complexity index is 397. The maximum Gasteiger partial charge on any atom is 0.137 e. The van der Waals surface area contributed by atoms with E-state index in [1.165, 1.54) is 17.7 Å². The van der Waals surface area contributed by atoms with Gasteiger partial charge in [-0.15, -0.1) is 11.3 Å². The van der Waals surface area contributed by atoms with Gasteiger partial charge in [0.05, 0.1) is 4.34 Å². The Hall–Kier alpha value is -0.910. The lowest BCUT2D eigenvalue weighted by Crippen LogP contribution is -2.19. The zero-order valence-electron chi connectivity index (χ0n) is 7.30. The average Bonchev–Trinajstić information content (AvgIpc) is 2.79. The van der Waals surface area contributed by atoms with E-state index in [4.69, 9.17) is 17.3 Å². The summed E-state index contributed by atoms with van der Waals surface area (Å²) in [5.41, 5.74) is 5.68. The molecule has 2 aromatic rings. The van der Waals surface area contributed by atoms with Crippen molar-refractivity contribution in [3.05, 3.63) is 34.0 Å². The van der Waals surface area contributed by atoms with Crippen LogP contribution < -0.4 is 5.73 Å². The quantitative estimate of drug-likeness (QED) is 0.867. The smallest absolute Gasteiger partial charge is 0.137 e. The highest BCUT2D eigenvalue weighted by molar-refractivity contribution is 7.16. The molecule has 2 N–H and O–H groups in total. The summed E-state index contributed by atoms with van der Waals surface area (Å²) >= 11 is 7.37. The van der Waals surface area contributed by atoms with Gasteiger partial charge in [-0.25, -0.2) is 9.67 Å². The molecule has 2 aromatic heterocycles. The van der Waals surface area contributed by atoms with Crippen molar-refractivity contribution < 1.29 is 0 Å². The number of hydrogen-bond acceptors (Lipinski definition) is 4. The van der Waals surface area contributed by atoms with Gasteiger partial charge in [-0.2, -0.15) is 5.10 Å². The zero-order chi connectivity index (χ0) is 9.97. The molecular weight excluding hydrogens is 220 g/mol. The normalized spacial score (nSPS) is 13.0. The van der Waals surface area contributed by atoms with E-state index in [-0.39, 0.29) is 6.04 Å². The highest BCUT2D eigenvalue weighted by Gasteiger charge is 2.14. The number of nitrogens with two attached hydrogens (primary N) is 1. The Kier molecular flexibility index (Phi) is 2.81. The first-order valence-electron chi connectivity index (χ1n) is 4.10. The van der Waals surface area contributed by atoms with Crippen LogP contribution in [0.25, 0.3) is 0 Å². The molecule has 6 heteroatoms. The molecule has 0 saturated heterocycles. The molecule has 74 valence electrons. The second-order valence-corrected chi connectivity index (χ2v) is 4.52. The Labute approximate surface area is 90.3 Å². The number of thiophene rings is 1. The largest absolute Gasteiger partial charge is 0.328 e. The number of nitrogens with zero attached hydrogens (tertiary/aromatic N) is 3. The van der Waals surface area contributed by atoms with Gasteiger partial charge >= 0.3 is 0 Å². The van der Waals surface area contributed by atoms with Crippen molar-refractivity contribution in [2.24, 2.45) is 5.73 Å². The average molecular weight is 229 g/mol. The molecule has 0 aliphatic heterocycles. The summed E-state index contributed by atoms with van der Waals surface area (Å²) in [6.07, 6.45) is 3.16. The second kappa shape index (κ2) is 4.08. The van der Waals surface area contributed by atoms with Crippen LogP contribution in [0.2, 0.25) is 4.34 Å². The third-order valence-corrected chi connectivity index (χ3v) is 3.23. The van der Waals surface area contributed by atoms with Gasteiger partial charge in [0.2, 0.25) is 0 Å². The molecule has 1 unspecified atom stereocenters. The summed E-state index contributed by atoms with van der Waals surface area (Å²) in [5, 5.41) is 4.06. The van der Waals surface area contributed by atoms with Crippen LogP contribution in [0, 0.1) is 0 Å². The molecule has 0 aromatic carbocycles. The SMILES string of the molecule is NCC(c1ccc(Cl)s1)n1cncn1. The minimum atomic E-state index is 0.0370. The molecule has 0 amide bonds. The van der Waals surface area contributed by atoms with E-state index in [1.54, 1.807) is 11.0 Å². The van der Waals surface area contributed by atoms with Crippen molar-refractivity contribution in [3.63, 3.8) is 0 Å². The highest BCUT2D eigenvalue weighted by Crippen LogP contribution is 2.28. The Morgan fingerprint density at radius 2 is 2.43 bits per heavy atom. The molecule has 0 radical (unpaired) electrons. The Morgan fingerprint density at radius 1 is 1.57 bits per heavy atom. The fourth-order valence-corrected chi connectivity index (χ4v) is 2.41. The van der Waals surface area contributed by atoms with Crippen molar-refractivity contribution in [2.45, 2.75) is 6.04 Å². The maximum atomic E-state index is 5.86.